The molecular formula is C18H22N6O8. The van der Waals surface area contributed by atoms with Gasteiger partial charge in [-0.25, -0.2) is 14.2 Å². The molecule has 0 fully saturated rings. The first kappa shape index (κ1) is 23.0. The first-order valence-electron chi connectivity index (χ1n) is 9.27. The molecule has 2 aromatic heterocycles. The lowest BCUT2D eigenvalue weighted by Crippen LogP contribution is -2.32. The van der Waals surface area contributed by atoms with Gasteiger partial charge in [0.1, 0.15) is 36.2 Å². The molecule has 4 unspecified atom stereocenters. The lowest BCUT2D eigenvalue weighted by atomic mass is 10.2. The summed E-state index contributed by atoms with van der Waals surface area (Å²) in [6, 6.07) is 2.86. The molecule has 4 rings (SSSR count). The molecule has 0 bridgehead atoms. The van der Waals surface area contributed by atoms with E-state index in [0.29, 0.717) is 0 Å². The predicted octanol–water partition coefficient (Wildman–Crippen LogP) is -3.03. The highest BCUT2D eigenvalue weighted by Crippen LogP contribution is 2.25. The van der Waals surface area contributed by atoms with Gasteiger partial charge in [-0.2, -0.15) is 9.97 Å². The molecule has 14 nitrogen and oxygen atoms in total. The van der Waals surface area contributed by atoms with Crippen molar-refractivity contribution in [2.75, 3.05) is 24.7 Å². The molecule has 0 aromatic carbocycles. The summed E-state index contributed by atoms with van der Waals surface area (Å²) in [5, 5.41) is 36.8. The minimum absolute atomic E-state index is 0.101. The van der Waals surface area contributed by atoms with Crippen molar-refractivity contribution in [2.45, 2.75) is 24.5 Å². The number of nitrogens with two attached hydrogens (primary N) is 2. The Morgan fingerprint density at radius 2 is 1.59 bits per heavy atom. The SMILES string of the molecule is Nc1ccn(C2=CC(O)C(CO)O2)c(=O)n1.Nc1ccn(C2OC(CO)=CC2O)c(=O)n1. The summed E-state index contributed by atoms with van der Waals surface area (Å²) in [6.07, 6.45) is 1.86. The molecule has 172 valence electrons. The summed E-state index contributed by atoms with van der Waals surface area (Å²) in [6.45, 7) is -0.664. The highest BCUT2D eigenvalue weighted by atomic mass is 16.5. The van der Waals surface area contributed by atoms with Gasteiger partial charge >= 0.3 is 11.4 Å². The molecule has 14 heteroatoms. The van der Waals surface area contributed by atoms with Crippen LogP contribution in [0.5, 0.6) is 0 Å². The predicted molar refractivity (Wildman–Crippen MR) is 109 cm³/mol. The van der Waals surface area contributed by atoms with Crippen molar-refractivity contribution in [1.82, 2.24) is 19.1 Å². The van der Waals surface area contributed by atoms with Crippen molar-refractivity contribution in [3.63, 3.8) is 0 Å². The first-order valence-corrected chi connectivity index (χ1v) is 9.27. The third kappa shape index (κ3) is 4.94. The van der Waals surface area contributed by atoms with Crippen LogP contribution in [0.2, 0.25) is 0 Å². The summed E-state index contributed by atoms with van der Waals surface area (Å²) >= 11 is 0. The fraction of sp³-hybridized carbons (Fsp3) is 0.333. The Kier molecular flexibility index (Phi) is 6.89. The zero-order valence-corrected chi connectivity index (χ0v) is 16.6. The second kappa shape index (κ2) is 9.61. The van der Waals surface area contributed by atoms with E-state index in [-0.39, 0.29) is 36.5 Å². The molecule has 32 heavy (non-hydrogen) atoms. The van der Waals surface area contributed by atoms with Gasteiger partial charge in [0.15, 0.2) is 6.10 Å². The molecule has 0 saturated carbocycles. The largest absolute Gasteiger partial charge is 0.470 e. The monoisotopic (exact) mass is 450 g/mol. The highest BCUT2D eigenvalue weighted by Gasteiger charge is 2.30. The Hall–Kier alpha value is -3.72. The van der Waals surface area contributed by atoms with Crippen molar-refractivity contribution < 1.29 is 29.9 Å². The van der Waals surface area contributed by atoms with E-state index in [4.69, 9.17) is 31.2 Å². The molecule has 0 spiro atoms. The Labute approximate surface area is 179 Å². The van der Waals surface area contributed by atoms with Gasteiger partial charge in [0, 0.05) is 18.5 Å². The number of nitrogen functional groups attached to an aromatic ring is 2. The topological polar surface area (TPSA) is 221 Å². The molecule has 8 N–H and O–H groups in total. The molecule has 2 aliphatic heterocycles. The minimum atomic E-state index is -0.995. The zero-order valence-electron chi connectivity index (χ0n) is 16.6. The summed E-state index contributed by atoms with van der Waals surface area (Å²) in [7, 11) is 0. The van der Waals surface area contributed by atoms with Crippen LogP contribution < -0.4 is 22.8 Å². The van der Waals surface area contributed by atoms with E-state index in [1.54, 1.807) is 0 Å². The second-order valence-electron chi connectivity index (χ2n) is 6.67. The van der Waals surface area contributed by atoms with E-state index < -0.39 is 35.9 Å². The van der Waals surface area contributed by atoms with Crippen LogP contribution in [0.3, 0.4) is 0 Å². The third-order valence-corrected chi connectivity index (χ3v) is 4.41. The maximum absolute atomic E-state index is 11.5. The second-order valence-corrected chi connectivity index (χ2v) is 6.67. The van der Waals surface area contributed by atoms with Crippen molar-refractivity contribution in [1.29, 1.82) is 0 Å². The Morgan fingerprint density at radius 1 is 0.938 bits per heavy atom. The first-order chi connectivity index (χ1) is 15.2. The van der Waals surface area contributed by atoms with Gasteiger partial charge in [-0.1, -0.05) is 0 Å². The summed E-state index contributed by atoms with van der Waals surface area (Å²) in [4.78, 5) is 29.9. The average Bonchev–Trinajstić information content (AvgIpc) is 3.30. The number of aromatic nitrogens is 4. The van der Waals surface area contributed by atoms with Gasteiger partial charge < -0.3 is 41.4 Å². The van der Waals surface area contributed by atoms with Crippen LogP contribution in [0, 0.1) is 0 Å². The summed E-state index contributed by atoms with van der Waals surface area (Å²) in [5.41, 5.74) is 9.45. The molecule has 4 heterocycles. The number of rotatable bonds is 4. The van der Waals surface area contributed by atoms with E-state index in [1.807, 2.05) is 0 Å². The highest BCUT2D eigenvalue weighted by molar-refractivity contribution is 5.43. The average molecular weight is 450 g/mol. The lowest BCUT2D eigenvalue weighted by Gasteiger charge is -2.17. The smallest absolute Gasteiger partial charge is 0.356 e. The van der Waals surface area contributed by atoms with Crippen molar-refractivity contribution in [2.24, 2.45) is 0 Å². The quantitative estimate of drug-likeness (QED) is 0.274. The summed E-state index contributed by atoms with van der Waals surface area (Å²) in [5.74, 6) is 0.577. The van der Waals surface area contributed by atoms with Crippen LogP contribution in [0.4, 0.5) is 11.6 Å². The number of ether oxygens (including phenoxy) is 2. The molecule has 4 atom stereocenters. The lowest BCUT2D eigenvalue weighted by molar-refractivity contribution is -0.0103. The Morgan fingerprint density at radius 3 is 2.12 bits per heavy atom. The maximum Gasteiger partial charge on any atom is 0.356 e. The Bertz CT molecular complexity index is 1140. The normalized spacial score (nSPS) is 24.0. The van der Waals surface area contributed by atoms with Crippen molar-refractivity contribution in [3.05, 3.63) is 63.4 Å². The van der Waals surface area contributed by atoms with Gasteiger partial charge in [-0.05, 0) is 18.2 Å². The van der Waals surface area contributed by atoms with E-state index in [0.717, 1.165) is 9.13 Å². The molecule has 0 saturated heterocycles. The van der Waals surface area contributed by atoms with E-state index in [2.05, 4.69) is 9.97 Å². The Balaban J connectivity index is 0.000000181. The van der Waals surface area contributed by atoms with Crippen LogP contribution in [-0.2, 0) is 9.47 Å². The summed E-state index contributed by atoms with van der Waals surface area (Å²) < 4.78 is 12.6. The van der Waals surface area contributed by atoms with Crippen LogP contribution in [0.1, 0.15) is 6.23 Å². The number of hydrogen-bond donors (Lipinski definition) is 6. The zero-order chi connectivity index (χ0) is 23.4. The minimum Gasteiger partial charge on any atom is -0.470 e. The molecule has 0 radical (unpaired) electrons. The molecule has 0 aliphatic carbocycles. The van der Waals surface area contributed by atoms with E-state index in [9.17, 15) is 19.8 Å². The number of aliphatic hydroxyl groups is 4. The fourth-order valence-electron chi connectivity index (χ4n) is 2.85. The van der Waals surface area contributed by atoms with Gasteiger partial charge in [0.05, 0.1) is 6.61 Å². The number of hydrogen-bond acceptors (Lipinski definition) is 12. The molecule has 2 aromatic rings. The van der Waals surface area contributed by atoms with Crippen molar-refractivity contribution in [3.8, 4) is 0 Å². The molecule has 2 aliphatic rings. The number of aliphatic hydroxyl groups excluding tert-OH is 4. The van der Waals surface area contributed by atoms with Crippen LogP contribution in [0.15, 0.2) is 52.0 Å². The van der Waals surface area contributed by atoms with Crippen molar-refractivity contribution >= 4 is 17.5 Å². The fourth-order valence-corrected chi connectivity index (χ4v) is 2.85. The van der Waals surface area contributed by atoms with Gasteiger partial charge in [-0.15, -0.1) is 0 Å². The molecule has 0 amide bonds. The van der Waals surface area contributed by atoms with Crippen LogP contribution in [-0.4, -0.2) is 71.1 Å². The third-order valence-electron chi connectivity index (χ3n) is 4.41. The van der Waals surface area contributed by atoms with Crippen LogP contribution >= 0.6 is 0 Å². The van der Waals surface area contributed by atoms with Gasteiger partial charge in [0.25, 0.3) is 0 Å². The van der Waals surface area contributed by atoms with E-state index in [1.165, 1.54) is 36.7 Å². The molecular weight excluding hydrogens is 428 g/mol. The van der Waals surface area contributed by atoms with Crippen LogP contribution in [0.25, 0.3) is 5.88 Å². The van der Waals surface area contributed by atoms with Gasteiger partial charge in [-0.3, -0.25) is 4.57 Å². The number of nitrogens with zero attached hydrogens (tertiary/aromatic N) is 4. The standard InChI is InChI=1S/2C9H11N3O4/c10-7-1-2-12(9(15)11-7)8-3-5(14)6(4-13)16-8;10-7-1-2-12(9(15)11-7)8-6(14)3-5(4-13)16-8/h1-3,5-6,13-14H,4H2,(H2,10,11,15);1-3,6,8,13-14H,4H2,(H2,10,11,15). The van der Waals surface area contributed by atoms with E-state index >= 15 is 0 Å². The maximum atomic E-state index is 11.5. The number of anilines is 2. The van der Waals surface area contributed by atoms with Gasteiger partial charge in [0.2, 0.25) is 12.1 Å².